The van der Waals surface area contributed by atoms with Crippen LogP contribution in [0.2, 0.25) is 0 Å². The SMILES string of the molecule is CCN(C)C(=O)COC(=O)c1c(C)cccc1N. The molecule has 0 heterocycles. The Labute approximate surface area is 107 Å². The summed E-state index contributed by atoms with van der Waals surface area (Å²) in [6.07, 6.45) is 0. The zero-order chi connectivity index (χ0) is 13.7. The van der Waals surface area contributed by atoms with Crippen molar-refractivity contribution in [2.24, 2.45) is 0 Å². The second-order valence-corrected chi connectivity index (χ2v) is 4.02. The Morgan fingerprint density at radius 3 is 2.61 bits per heavy atom. The Balaban J connectivity index is 2.70. The summed E-state index contributed by atoms with van der Waals surface area (Å²) in [5.41, 5.74) is 7.13. The van der Waals surface area contributed by atoms with Gasteiger partial charge in [0.2, 0.25) is 0 Å². The lowest BCUT2D eigenvalue weighted by atomic mass is 10.1. The molecule has 1 aromatic rings. The fraction of sp³-hybridized carbons (Fsp3) is 0.385. The molecule has 0 aliphatic carbocycles. The summed E-state index contributed by atoms with van der Waals surface area (Å²) in [5.74, 6) is -0.804. The van der Waals surface area contributed by atoms with Gasteiger partial charge in [-0.3, -0.25) is 4.79 Å². The molecule has 1 rings (SSSR count). The molecule has 1 aromatic carbocycles. The number of hydrogen-bond donors (Lipinski definition) is 1. The summed E-state index contributed by atoms with van der Waals surface area (Å²) >= 11 is 0. The number of amides is 1. The number of hydrogen-bond acceptors (Lipinski definition) is 4. The molecule has 0 radical (unpaired) electrons. The van der Waals surface area contributed by atoms with E-state index in [0.717, 1.165) is 5.56 Å². The molecule has 2 N–H and O–H groups in total. The molecule has 0 spiro atoms. The van der Waals surface area contributed by atoms with Crippen molar-refractivity contribution in [2.75, 3.05) is 25.9 Å². The van der Waals surface area contributed by atoms with Crippen LogP contribution in [0.3, 0.4) is 0 Å². The number of nitrogen functional groups attached to an aromatic ring is 1. The first-order valence-corrected chi connectivity index (χ1v) is 5.73. The van der Waals surface area contributed by atoms with Gasteiger partial charge in [-0.1, -0.05) is 12.1 Å². The van der Waals surface area contributed by atoms with Gasteiger partial charge in [-0.2, -0.15) is 0 Å². The van der Waals surface area contributed by atoms with Gasteiger partial charge in [0.1, 0.15) is 0 Å². The minimum atomic E-state index is -0.566. The first-order chi connectivity index (χ1) is 8.47. The number of anilines is 1. The average molecular weight is 250 g/mol. The van der Waals surface area contributed by atoms with E-state index < -0.39 is 5.97 Å². The van der Waals surface area contributed by atoms with Crippen LogP contribution in [0.1, 0.15) is 22.8 Å². The van der Waals surface area contributed by atoms with Crippen LogP contribution in [0.4, 0.5) is 5.69 Å². The summed E-state index contributed by atoms with van der Waals surface area (Å²) in [4.78, 5) is 24.8. The van der Waals surface area contributed by atoms with E-state index >= 15 is 0 Å². The van der Waals surface area contributed by atoms with Gasteiger partial charge in [0.15, 0.2) is 6.61 Å². The van der Waals surface area contributed by atoms with Crippen LogP contribution in [0.5, 0.6) is 0 Å². The molecule has 5 nitrogen and oxygen atoms in total. The number of esters is 1. The van der Waals surface area contributed by atoms with Crippen molar-refractivity contribution in [2.45, 2.75) is 13.8 Å². The molecule has 98 valence electrons. The van der Waals surface area contributed by atoms with Crippen LogP contribution in [0.15, 0.2) is 18.2 Å². The number of carbonyl (C=O) groups excluding carboxylic acids is 2. The zero-order valence-corrected chi connectivity index (χ0v) is 10.9. The smallest absolute Gasteiger partial charge is 0.341 e. The number of rotatable bonds is 4. The lowest BCUT2D eigenvalue weighted by Gasteiger charge is -2.15. The van der Waals surface area contributed by atoms with Crippen molar-refractivity contribution in [1.29, 1.82) is 0 Å². The number of nitrogens with two attached hydrogens (primary N) is 1. The third-order valence-corrected chi connectivity index (χ3v) is 2.74. The number of benzene rings is 1. The number of aryl methyl sites for hydroxylation is 1. The highest BCUT2D eigenvalue weighted by molar-refractivity contribution is 5.97. The van der Waals surface area contributed by atoms with Crippen LogP contribution >= 0.6 is 0 Å². The molecular formula is C13H18N2O3. The molecule has 0 aromatic heterocycles. The van der Waals surface area contributed by atoms with E-state index in [1.165, 1.54) is 4.90 Å². The van der Waals surface area contributed by atoms with Crippen molar-refractivity contribution in [3.8, 4) is 0 Å². The van der Waals surface area contributed by atoms with Crippen LogP contribution in [0, 0.1) is 6.92 Å². The monoisotopic (exact) mass is 250 g/mol. The second kappa shape index (κ2) is 6.05. The number of carbonyl (C=O) groups is 2. The largest absolute Gasteiger partial charge is 0.452 e. The van der Waals surface area contributed by atoms with Crippen molar-refractivity contribution < 1.29 is 14.3 Å². The molecule has 0 saturated carbocycles. The highest BCUT2D eigenvalue weighted by Crippen LogP contribution is 2.17. The normalized spacial score (nSPS) is 9.94. The summed E-state index contributed by atoms with van der Waals surface area (Å²) in [6, 6.07) is 5.16. The maximum absolute atomic E-state index is 11.8. The fourth-order valence-corrected chi connectivity index (χ4v) is 1.46. The Morgan fingerprint density at radius 1 is 1.39 bits per heavy atom. The quantitative estimate of drug-likeness (QED) is 0.644. The summed E-state index contributed by atoms with van der Waals surface area (Å²) in [5, 5.41) is 0. The molecule has 1 amide bonds. The molecule has 5 heteroatoms. The van der Waals surface area contributed by atoms with Crippen molar-refractivity contribution in [1.82, 2.24) is 4.90 Å². The van der Waals surface area contributed by atoms with Gasteiger partial charge in [-0.15, -0.1) is 0 Å². The third-order valence-electron chi connectivity index (χ3n) is 2.74. The van der Waals surface area contributed by atoms with Gasteiger partial charge in [0.25, 0.3) is 5.91 Å². The number of nitrogens with zero attached hydrogens (tertiary/aromatic N) is 1. The van der Waals surface area contributed by atoms with Crippen molar-refractivity contribution >= 4 is 17.6 Å². The maximum Gasteiger partial charge on any atom is 0.341 e. The topological polar surface area (TPSA) is 72.6 Å². The van der Waals surface area contributed by atoms with E-state index in [4.69, 9.17) is 10.5 Å². The highest BCUT2D eigenvalue weighted by Gasteiger charge is 2.16. The fourth-order valence-electron chi connectivity index (χ4n) is 1.46. The van der Waals surface area contributed by atoms with Crippen LogP contribution < -0.4 is 5.73 Å². The van der Waals surface area contributed by atoms with Gasteiger partial charge in [-0.25, -0.2) is 4.79 Å². The van der Waals surface area contributed by atoms with Gasteiger partial charge in [0, 0.05) is 19.3 Å². The molecule has 18 heavy (non-hydrogen) atoms. The molecule has 0 saturated heterocycles. The third kappa shape index (κ3) is 3.23. The Bertz CT molecular complexity index is 437. The van der Waals surface area contributed by atoms with Gasteiger partial charge < -0.3 is 15.4 Å². The predicted molar refractivity (Wildman–Crippen MR) is 69.2 cm³/mol. The Kier molecular flexibility index (Phi) is 4.71. The average Bonchev–Trinajstić information content (AvgIpc) is 2.34. The minimum Gasteiger partial charge on any atom is -0.452 e. The lowest BCUT2D eigenvalue weighted by molar-refractivity contribution is -0.133. The van der Waals surface area contributed by atoms with Crippen molar-refractivity contribution in [3.05, 3.63) is 29.3 Å². The molecule has 0 fully saturated rings. The van der Waals surface area contributed by atoms with E-state index in [9.17, 15) is 9.59 Å². The van der Waals surface area contributed by atoms with E-state index in [1.807, 2.05) is 6.92 Å². The number of likely N-dealkylation sites (N-methyl/N-ethyl adjacent to an activating group) is 1. The van der Waals surface area contributed by atoms with Gasteiger partial charge in [-0.05, 0) is 25.5 Å². The first-order valence-electron chi connectivity index (χ1n) is 5.73. The summed E-state index contributed by atoms with van der Waals surface area (Å²) < 4.78 is 4.96. The standard InChI is InChI=1S/C13H18N2O3/c1-4-15(3)11(16)8-18-13(17)12-9(2)6-5-7-10(12)14/h5-7H,4,8,14H2,1-3H3. The summed E-state index contributed by atoms with van der Waals surface area (Å²) in [6.45, 7) is 3.92. The van der Waals surface area contributed by atoms with Crippen molar-refractivity contribution in [3.63, 3.8) is 0 Å². The molecule has 0 aliphatic heterocycles. The van der Waals surface area contributed by atoms with E-state index in [-0.39, 0.29) is 12.5 Å². The second-order valence-electron chi connectivity index (χ2n) is 4.02. The van der Waals surface area contributed by atoms with E-state index in [2.05, 4.69) is 0 Å². The minimum absolute atomic E-state index is 0.238. The van der Waals surface area contributed by atoms with Gasteiger partial charge >= 0.3 is 5.97 Å². The highest BCUT2D eigenvalue weighted by atomic mass is 16.5. The van der Waals surface area contributed by atoms with Crippen LogP contribution in [0.25, 0.3) is 0 Å². The Morgan fingerprint density at radius 2 is 2.06 bits per heavy atom. The molecule has 0 unspecified atom stereocenters. The molecular weight excluding hydrogens is 232 g/mol. The zero-order valence-electron chi connectivity index (χ0n) is 10.9. The van der Waals surface area contributed by atoms with Crippen LogP contribution in [-0.2, 0) is 9.53 Å². The lowest BCUT2D eigenvalue weighted by Crippen LogP contribution is -2.31. The molecule has 0 bridgehead atoms. The summed E-state index contributed by atoms with van der Waals surface area (Å²) in [7, 11) is 1.65. The molecule has 0 atom stereocenters. The van der Waals surface area contributed by atoms with E-state index in [1.54, 1.807) is 32.2 Å². The predicted octanol–water partition coefficient (Wildman–Crippen LogP) is 1.21. The van der Waals surface area contributed by atoms with Crippen LogP contribution in [-0.4, -0.2) is 37.0 Å². The number of ether oxygens (including phenoxy) is 1. The molecule has 0 aliphatic rings. The Hall–Kier alpha value is -2.04. The maximum atomic E-state index is 11.8. The van der Waals surface area contributed by atoms with Gasteiger partial charge in [0.05, 0.1) is 5.56 Å². The van der Waals surface area contributed by atoms with E-state index in [0.29, 0.717) is 17.8 Å². The first kappa shape index (κ1) is 14.0.